The Morgan fingerprint density at radius 3 is 3.07 bits per heavy atom. The minimum absolute atomic E-state index is 0.417. The molecule has 1 aliphatic carbocycles. The lowest BCUT2D eigenvalue weighted by atomic mass is 9.87. The summed E-state index contributed by atoms with van der Waals surface area (Å²) >= 11 is 1.77. The Hall–Kier alpha value is -0.710. The average molecular weight is 226 g/mol. The molecule has 1 heterocycles. The van der Waals surface area contributed by atoms with Gasteiger partial charge < -0.3 is 5.73 Å². The summed E-state index contributed by atoms with van der Waals surface area (Å²) < 4.78 is 0. The van der Waals surface area contributed by atoms with E-state index >= 15 is 0 Å². The Labute approximate surface area is 94.4 Å². The lowest BCUT2D eigenvalue weighted by Gasteiger charge is -2.26. The molecule has 0 saturated heterocycles. The molecule has 84 valence electrons. The van der Waals surface area contributed by atoms with Crippen LogP contribution in [0.5, 0.6) is 0 Å². The topological polar surface area (TPSA) is 67.6 Å². The van der Waals surface area contributed by atoms with Crippen molar-refractivity contribution in [1.82, 2.24) is 15.2 Å². The van der Waals surface area contributed by atoms with E-state index in [1.807, 2.05) is 0 Å². The van der Waals surface area contributed by atoms with Crippen LogP contribution < -0.4 is 5.73 Å². The Bertz CT molecular complexity index is 312. The molecule has 2 rings (SSSR count). The lowest BCUT2D eigenvalue weighted by Crippen LogP contribution is -2.16. The van der Waals surface area contributed by atoms with Crippen LogP contribution in [0.4, 0.5) is 5.95 Å². The maximum Gasteiger partial charge on any atom is 0.216 e. The van der Waals surface area contributed by atoms with Gasteiger partial charge in [0.2, 0.25) is 11.1 Å². The monoisotopic (exact) mass is 226 g/mol. The van der Waals surface area contributed by atoms with Crippen molar-refractivity contribution in [2.45, 2.75) is 49.4 Å². The van der Waals surface area contributed by atoms with Gasteiger partial charge in [0.05, 0.1) is 0 Å². The Morgan fingerprint density at radius 1 is 1.53 bits per heavy atom. The summed E-state index contributed by atoms with van der Waals surface area (Å²) in [5, 5.41) is 8.22. The van der Waals surface area contributed by atoms with Gasteiger partial charge in [-0.3, -0.25) is 0 Å². The van der Waals surface area contributed by atoms with Crippen molar-refractivity contribution in [3.8, 4) is 0 Å². The summed E-state index contributed by atoms with van der Waals surface area (Å²) in [6, 6.07) is 0. The van der Waals surface area contributed by atoms with Crippen LogP contribution in [0.1, 0.15) is 39.0 Å². The summed E-state index contributed by atoms with van der Waals surface area (Å²) in [5.41, 5.74) is 5.49. The molecular formula is C10H18N4S. The van der Waals surface area contributed by atoms with Crippen molar-refractivity contribution >= 4 is 17.7 Å². The third kappa shape index (κ3) is 2.87. The van der Waals surface area contributed by atoms with Gasteiger partial charge in [-0.05, 0) is 18.8 Å². The van der Waals surface area contributed by atoms with Gasteiger partial charge in [0.1, 0.15) is 0 Å². The van der Waals surface area contributed by atoms with Crippen LogP contribution in [0, 0.1) is 5.92 Å². The highest BCUT2D eigenvalue weighted by Gasteiger charge is 2.22. The molecule has 0 spiro atoms. The molecule has 5 heteroatoms. The van der Waals surface area contributed by atoms with Crippen molar-refractivity contribution in [2.24, 2.45) is 5.92 Å². The first kappa shape index (κ1) is 10.8. The van der Waals surface area contributed by atoms with Gasteiger partial charge >= 0.3 is 0 Å². The zero-order chi connectivity index (χ0) is 10.7. The molecule has 2 atom stereocenters. The highest BCUT2D eigenvalue weighted by Crippen LogP contribution is 2.36. The average Bonchev–Trinajstić information content (AvgIpc) is 2.64. The van der Waals surface area contributed by atoms with Gasteiger partial charge in [-0.2, -0.15) is 4.98 Å². The second-order valence-electron chi connectivity index (χ2n) is 4.18. The smallest absolute Gasteiger partial charge is 0.216 e. The predicted molar refractivity (Wildman–Crippen MR) is 62.7 cm³/mol. The number of nitrogen functional groups attached to an aromatic ring is 1. The number of nitrogens with one attached hydrogen (secondary N) is 1. The van der Waals surface area contributed by atoms with Crippen LogP contribution in [-0.4, -0.2) is 20.4 Å². The van der Waals surface area contributed by atoms with Gasteiger partial charge in [-0.15, -0.1) is 5.10 Å². The zero-order valence-electron chi connectivity index (χ0n) is 9.07. The first-order chi connectivity index (χ1) is 7.28. The van der Waals surface area contributed by atoms with E-state index in [4.69, 9.17) is 5.73 Å². The number of aromatic amines is 1. The predicted octanol–water partition coefficient (Wildman–Crippen LogP) is 2.45. The largest absolute Gasteiger partial charge is 0.368 e. The second kappa shape index (κ2) is 4.88. The van der Waals surface area contributed by atoms with Crippen molar-refractivity contribution in [2.75, 3.05) is 5.73 Å². The molecule has 3 N–H and O–H groups in total. The lowest BCUT2D eigenvalue weighted by molar-refractivity contribution is 0.357. The van der Waals surface area contributed by atoms with Crippen molar-refractivity contribution in [3.63, 3.8) is 0 Å². The van der Waals surface area contributed by atoms with Crippen LogP contribution in [0.3, 0.4) is 0 Å². The molecule has 15 heavy (non-hydrogen) atoms. The van der Waals surface area contributed by atoms with Crippen LogP contribution in [0.2, 0.25) is 0 Å². The van der Waals surface area contributed by atoms with Gasteiger partial charge in [-0.25, -0.2) is 5.10 Å². The molecule has 1 aliphatic rings. The third-order valence-corrected chi connectivity index (χ3v) is 4.22. The normalized spacial score (nSPS) is 26.7. The minimum Gasteiger partial charge on any atom is -0.368 e. The number of H-pyrrole nitrogens is 1. The first-order valence-electron chi connectivity index (χ1n) is 5.62. The Balaban J connectivity index is 1.88. The fraction of sp³-hybridized carbons (Fsp3) is 0.800. The molecule has 4 nitrogen and oxygen atoms in total. The van der Waals surface area contributed by atoms with E-state index < -0.39 is 0 Å². The highest BCUT2D eigenvalue weighted by atomic mass is 32.2. The number of hydrogen-bond donors (Lipinski definition) is 2. The van der Waals surface area contributed by atoms with E-state index in [9.17, 15) is 0 Å². The molecule has 0 aliphatic heterocycles. The number of hydrogen-bond acceptors (Lipinski definition) is 4. The maximum atomic E-state index is 5.49. The summed E-state index contributed by atoms with van der Waals surface area (Å²) in [6.45, 7) is 2.28. The summed E-state index contributed by atoms with van der Waals surface area (Å²) in [7, 11) is 0. The van der Waals surface area contributed by atoms with E-state index in [2.05, 4.69) is 22.1 Å². The molecule has 0 amide bonds. The van der Waals surface area contributed by atoms with Crippen LogP contribution in [0.25, 0.3) is 0 Å². The number of thioether (sulfide) groups is 1. The van der Waals surface area contributed by atoms with Gasteiger partial charge in [-0.1, -0.05) is 37.9 Å². The van der Waals surface area contributed by atoms with E-state index in [0.29, 0.717) is 11.2 Å². The fourth-order valence-electron chi connectivity index (χ4n) is 2.18. The third-order valence-electron chi connectivity index (χ3n) is 3.07. The SMILES string of the molecule is CCC1CCCC(Sc2n[nH]c(N)n2)C1. The van der Waals surface area contributed by atoms with Crippen molar-refractivity contribution in [1.29, 1.82) is 0 Å². The summed E-state index contributed by atoms with van der Waals surface area (Å²) in [6.07, 6.45) is 6.62. The number of aromatic nitrogens is 3. The standard InChI is InChI=1S/C10H18N4S/c1-2-7-4-3-5-8(6-7)15-10-12-9(11)13-14-10/h7-8H,2-6H2,1H3,(H3,11,12,13,14). The number of rotatable bonds is 3. The molecule has 0 aromatic carbocycles. The quantitative estimate of drug-likeness (QED) is 0.830. The van der Waals surface area contributed by atoms with Crippen molar-refractivity contribution < 1.29 is 0 Å². The van der Waals surface area contributed by atoms with Crippen LogP contribution in [-0.2, 0) is 0 Å². The molecule has 1 saturated carbocycles. The molecule has 1 fully saturated rings. The van der Waals surface area contributed by atoms with Gasteiger partial charge in [0.15, 0.2) is 0 Å². The summed E-state index contributed by atoms with van der Waals surface area (Å²) in [4.78, 5) is 4.13. The number of nitrogens with zero attached hydrogens (tertiary/aromatic N) is 2. The molecule has 2 unspecified atom stereocenters. The van der Waals surface area contributed by atoms with E-state index in [-0.39, 0.29) is 0 Å². The molecule has 0 radical (unpaired) electrons. The van der Waals surface area contributed by atoms with Gasteiger partial charge in [0.25, 0.3) is 0 Å². The molecule has 1 aromatic heterocycles. The second-order valence-corrected chi connectivity index (χ2v) is 5.45. The fourth-order valence-corrected chi connectivity index (χ4v) is 3.38. The highest BCUT2D eigenvalue weighted by molar-refractivity contribution is 7.99. The van der Waals surface area contributed by atoms with Crippen LogP contribution in [0.15, 0.2) is 5.16 Å². The maximum absolute atomic E-state index is 5.49. The minimum atomic E-state index is 0.417. The summed E-state index contributed by atoms with van der Waals surface area (Å²) in [5.74, 6) is 1.31. The van der Waals surface area contributed by atoms with Crippen molar-refractivity contribution in [3.05, 3.63) is 0 Å². The van der Waals surface area contributed by atoms with Gasteiger partial charge in [0, 0.05) is 5.25 Å². The number of nitrogens with two attached hydrogens (primary N) is 1. The Kier molecular flexibility index (Phi) is 3.51. The number of anilines is 1. The first-order valence-corrected chi connectivity index (χ1v) is 6.50. The van der Waals surface area contributed by atoms with E-state index in [0.717, 1.165) is 11.1 Å². The zero-order valence-corrected chi connectivity index (χ0v) is 9.89. The van der Waals surface area contributed by atoms with E-state index in [1.165, 1.54) is 32.1 Å². The molecule has 1 aromatic rings. The molecular weight excluding hydrogens is 208 g/mol. The Morgan fingerprint density at radius 2 is 2.40 bits per heavy atom. The van der Waals surface area contributed by atoms with Crippen LogP contribution >= 0.6 is 11.8 Å². The molecule has 0 bridgehead atoms. The van der Waals surface area contributed by atoms with E-state index in [1.54, 1.807) is 11.8 Å².